The highest BCUT2D eigenvalue weighted by molar-refractivity contribution is 5.99. The lowest BCUT2D eigenvalue weighted by Gasteiger charge is -2.31. The van der Waals surface area contributed by atoms with Crippen molar-refractivity contribution in [3.63, 3.8) is 0 Å². The Morgan fingerprint density at radius 1 is 1.35 bits per heavy atom. The summed E-state index contributed by atoms with van der Waals surface area (Å²) in [7, 11) is 0. The third-order valence-electron chi connectivity index (χ3n) is 3.28. The zero-order valence-electron chi connectivity index (χ0n) is 12.6. The molecular weight excluding hydrogens is 311 g/mol. The molecule has 126 valence electrons. The molecule has 0 aromatic heterocycles. The molecule has 1 aliphatic rings. The Morgan fingerprint density at radius 2 is 2.00 bits per heavy atom. The quantitative estimate of drug-likeness (QED) is 0.836. The first kappa shape index (κ1) is 17.1. The summed E-state index contributed by atoms with van der Waals surface area (Å²) in [5.74, 6) is -0.572. The van der Waals surface area contributed by atoms with Crippen molar-refractivity contribution in [3.05, 3.63) is 35.5 Å². The summed E-state index contributed by atoms with van der Waals surface area (Å²) < 4.78 is 45.1. The van der Waals surface area contributed by atoms with Crippen LogP contribution in [0.3, 0.4) is 0 Å². The van der Waals surface area contributed by atoms with Gasteiger partial charge in [0.15, 0.2) is 0 Å². The molecule has 1 saturated heterocycles. The normalized spacial score (nSPS) is 16.3. The zero-order valence-corrected chi connectivity index (χ0v) is 12.6. The molecule has 0 saturated carbocycles. The Hall–Kier alpha value is -2.22. The maximum Gasteiger partial charge on any atom is 0.418 e. The van der Waals surface area contributed by atoms with Gasteiger partial charge < -0.3 is 20.7 Å². The molecule has 1 aromatic carbocycles. The van der Waals surface area contributed by atoms with Crippen LogP contribution < -0.4 is 16.0 Å². The van der Waals surface area contributed by atoms with E-state index in [1.54, 1.807) is 4.90 Å². The Labute approximate surface area is 131 Å². The fourth-order valence-corrected chi connectivity index (χ4v) is 2.31. The number of ether oxygens (including phenoxy) is 1. The second-order valence-electron chi connectivity index (χ2n) is 5.21. The molecule has 1 heterocycles. The van der Waals surface area contributed by atoms with Crippen LogP contribution in [0.1, 0.15) is 12.5 Å². The predicted molar refractivity (Wildman–Crippen MR) is 81.1 cm³/mol. The third-order valence-corrected chi connectivity index (χ3v) is 3.28. The van der Waals surface area contributed by atoms with Crippen molar-refractivity contribution in [2.75, 3.05) is 36.5 Å². The first-order chi connectivity index (χ1) is 10.8. The predicted octanol–water partition coefficient (Wildman–Crippen LogP) is 2.34. The number of morpholine rings is 1. The van der Waals surface area contributed by atoms with Crippen LogP contribution in [0.2, 0.25) is 0 Å². The van der Waals surface area contributed by atoms with Gasteiger partial charge in [-0.3, -0.25) is 4.79 Å². The van der Waals surface area contributed by atoms with E-state index in [2.05, 4.69) is 5.32 Å². The molecule has 23 heavy (non-hydrogen) atoms. The van der Waals surface area contributed by atoms with Gasteiger partial charge in [0.2, 0.25) is 5.91 Å². The molecule has 5 nitrogen and oxygen atoms in total. The van der Waals surface area contributed by atoms with Gasteiger partial charge in [0.05, 0.1) is 18.8 Å². The number of carbonyl (C=O) groups excluding carboxylic acids is 1. The van der Waals surface area contributed by atoms with Crippen molar-refractivity contribution < 1.29 is 22.7 Å². The second-order valence-corrected chi connectivity index (χ2v) is 5.21. The van der Waals surface area contributed by atoms with Crippen molar-refractivity contribution in [3.8, 4) is 0 Å². The van der Waals surface area contributed by atoms with Gasteiger partial charge in [-0.25, -0.2) is 0 Å². The highest BCUT2D eigenvalue weighted by Gasteiger charge is 2.35. The summed E-state index contributed by atoms with van der Waals surface area (Å²) in [5, 5.41) is 2.38. The van der Waals surface area contributed by atoms with E-state index >= 15 is 0 Å². The number of nitrogens with zero attached hydrogens (tertiary/aromatic N) is 1. The molecule has 0 atom stereocenters. The summed E-state index contributed by atoms with van der Waals surface area (Å²) in [6, 6.07) is 3.74. The third kappa shape index (κ3) is 4.62. The number of nitrogens with two attached hydrogens (primary N) is 1. The summed E-state index contributed by atoms with van der Waals surface area (Å²) in [4.78, 5) is 13.2. The van der Waals surface area contributed by atoms with E-state index in [1.807, 2.05) is 0 Å². The molecular formula is C15H18F3N3O2. The Morgan fingerprint density at radius 3 is 2.57 bits per heavy atom. The largest absolute Gasteiger partial charge is 0.418 e. The molecule has 0 radical (unpaired) electrons. The number of nitrogens with one attached hydrogen (secondary N) is 1. The Bertz CT molecular complexity index is 604. The fourth-order valence-electron chi connectivity index (χ4n) is 2.31. The van der Waals surface area contributed by atoms with E-state index in [9.17, 15) is 18.0 Å². The van der Waals surface area contributed by atoms with Crippen LogP contribution in [0.15, 0.2) is 30.0 Å². The monoisotopic (exact) mass is 329 g/mol. The minimum atomic E-state index is -4.52. The van der Waals surface area contributed by atoms with E-state index in [1.165, 1.54) is 19.1 Å². The van der Waals surface area contributed by atoms with E-state index in [0.717, 1.165) is 12.1 Å². The van der Waals surface area contributed by atoms with Crippen LogP contribution >= 0.6 is 0 Å². The number of hydrogen-bond donors (Lipinski definition) is 2. The molecule has 0 aliphatic carbocycles. The smallest absolute Gasteiger partial charge is 0.402 e. The molecule has 0 bridgehead atoms. The number of alkyl halides is 3. The number of amides is 1. The van der Waals surface area contributed by atoms with Crippen LogP contribution in [0.4, 0.5) is 24.5 Å². The highest BCUT2D eigenvalue weighted by atomic mass is 19.4. The number of carbonyl (C=O) groups is 1. The first-order valence-corrected chi connectivity index (χ1v) is 7.06. The molecule has 3 N–H and O–H groups in total. The lowest BCUT2D eigenvalue weighted by molar-refractivity contribution is -0.137. The van der Waals surface area contributed by atoms with Crippen LogP contribution in [0.25, 0.3) is 0 Å². The summed E-state index contributed by atoms with van der Waals surface area (Å²) in [5.41, 5.74) is 5.00. The molecule has 0 spiro atoms. The van der Waals surface area contributed by atoms with Crippen molar-refractivity contribution in [2.45, 2.75) is 13.1 Å². The van der Waals surface area contributed by atoms with Gasteiger partial charge in [-0.1, -0.05) is 0 Å². The number of allylic oxidation sites excluding steroid dienone is 1. The second kappa shape index (κ2) is 6.91. The lowest BCUT2D eigenvalue weighted by atomic mass is 10.1. The average molecular weight is 329 g/mol. The van der Waals surface area contributed by atoms with Gasteiger partial charge in [0, 0.05) is 36.2 Å². The average Bonchev–Trinajstić information content (AvgIpc) is 2.46. The summed E-state index contributed by atoms with van der Waals surface area (Å²) in [6.07, 6.45) is -3.41. The van der Waals surface area contributed by atoms with Crippen LogP contribution in [0.5, 0.6) is 0 Å². The SMILES string of the molecule is CC(N)=CC(=O)Nc1ccc(N2CCOCC2)c(C(F)(F)F)c1. The van der Waals surface area contributed by atoms with E-state index < -0.39 is 17.6 Å². The number of hydrogen-bond acceptors (Lipinski definition) is 4. The van der Waals surface area contributed by atoms with Gasteiger partial charge in [-0.15, -0.1) is 0 Å². The minimum Gasteiger partial charge on any atom is -0.402 e. The molecule has 1 aromatic rings. The maximum absolute atomic E-state index is 13.3. The van der Waals surface area contributed by atoms with Crippen LogP contribution in [0, 0.1) is 0 Å². The van der Waals surface area contributed by atoms with Crippen LogP contribution in [-0.2, 0) is 15.7 Å². The van der Waals surface area contributed by atoms with Crippen molar-refractivity contribution in [1.82, 2.24) is 0 Å². The standard InChI is InChI=1S/C15H18F3N3O2/c1-10(19)8-14(22)20-11-2-3-13(12(9-11)15(16,17)18)21-4-6-23-7-5-21/h2-3,8-9H,4-7,19H2,1H3,(H,20,22). The van der Waals surface area contributed by atoms with Gasteiger partial charge in [-0.05, 0) is 25.1 Å². The molecule has 1 amide bonds. The van der Waals surface area contributed by atoms with Crippen molar-refractivity contribution >= 4 is 17.3 Å². The van der Waals surface area contributed by atoms with Crippen molar-refractivity contribution in [1.29, 1.82) is 0 Å². The van der Waals surface area contributed by atoms with Gasteiger partial charge in [-0.2, -0.15) is 13.2 Å². The number of benzene rings is 1. The Kier molecular flexibility index (Phi) is 5.15. The molecule has 0 unspecified atom stereocenters. The van der Waals surface area contributed by atoms with Crippen molar-refractivity contribution in [2.24, 2.45) is 5.73 Å². The van der Waals surface area contributed by atoms with Gasteiger partial charge in [0.1, 0.15) is 0 Å². The Balaban J connectivity index is 2.31. The number of halogens is 3. The van der Waals surface area contributed by atoms with E-state index in [0.29, 0.717) is 26.3 Å². The van der Waals surface area contributed by atoms with Crippen LogP contribution in [-0.4, -0.2) is 32.2 Å². The summed E-state index contributed by atoms with van der Waals surface area (Å²) in [6.45, 7) is 3.07. The topological polar surface area (TPSA) is 67.6 Å². The van der Waals surface area contributed by atoms with Gasteiger partial charge in [0.25, 0.3) is 0 Å². The molecule has 1 fully saturated rings. The zero-order chi connectivity index (χ0) is 17.0. The molecule has 8 heteroatoms. The molecule has 2 rings (SSSR count). The van der Waals surface area contributed by atoms with E-state index in [4.69, 9.17) is 10.5 Å². The lowest BCUT2D eigenvalue weighted by Crippen LogP contribution is -2.37. The summed E-state index contributed by atoms with van der Waals surface area (Å²) >= 11 is 0. The highest BCUT2D eigenvalue weighted by Crippen LogP contribution is 2.38. The first-order valence-electron chi connectivity index (χ1n) is 7.06. The molecule has 1 aliphatic heterocycles. The number of anilines is 2. The van der Waals surface area contributed by atoms with Gasteiger partial charge >= 0.3 is 6.18 Å². The van der Waals surface area contributed by atoms with E-state index in [-0.39, 0.29) is 17.1 Å². The number of rotatable bonds is 3. The minimum absolute atomic E-state index is 0.0665. The fraction of sp³-hybridized carbons (Fsp3) is 0.400. The maximum atomic E-state index is 13.3.